The Labute approximate surface area is 38.9 Å². The summed E-state index contributed by atoms with van der Waals surface area (Å²) in [5.74, 6) is 0. The van der Waals surface area contributed by atoms with E-state index in [1.165, 1.54) is 0 Å². The molecule has 36 valence electrons. The largest absolute Gasteiger partial charge is 0.375 e. The van der Waals surface area contributed by atoms with Crippen molar-refractivity contribution in [1.82, 2.24) is 0 Å². The Morgan fingerprint density at radius 3 is 1.83 bits per heavy atom. The van der Waals surface area contributed by atoms with E-state index in [0.29, 0.717) is 0 Å². The third kappa shape index (κ3) is 1.96. The summed E-state index contributed by atoms with van der Waals surface area (Å²) in [6, 6.07) is 0. The average Bonchev–Trinajstić information content (AvgIpc) is 1.36. The van der Waals surface area contributed by atoms with Crippen LogP contribution in [0.3, 0.4) is 0 Å². The molecular weight excluding hydrogens is 94.1 g/mol. The molecule has 0 heterocycles. The second-order valence-electron chi connectivity index (χ2n) is 1.56. The summed E-state index contributed by atoms with van der Waals surface area (Å²) in [5, 5.41) is 0. The number of rotatable bonds is 1. The topological polar surface area (TPSA) is 43.1 Å². The molecule has 0 spiro atoms. The highest BCUT2D eigenvalue weighted by atomic mass is 28.3. The Morgan fingerprint density at radius 1 is 1.67 bits per heavy atom. The highest BCUT2D eigenvalue weighted by molar-refractivity contribution is 6.87. The summed E-state index contributed by atoms with van der Waals surface area (Å²) in [4.78, 5) is 9.98. The lowest BCUT2D eigenvalue weighted by molar-refractivity contribution is 0.265. The first-order chi connectivity index (χ1) is 2.64. The maximum absolute atomic E-state index is 9.98. The van der Waals surface area contributed by atoms with Crippen LogP contribution in [0.5, 0.6) is 0 Å². The second-order valence-corrected chi connectivity index (χ2v) is 4.44. The molecule has 3 heteroatoms. The molecule has 0 bridgehead atoms. The SMILES string of the molecule is C[SiH](C)C(N)=O. The van der Waals surface area contributed by atoms with E-state index in [-0.39, 0.29) is 5.53 Å². The van der Waals surface area contributed by atoms with Gasteiger partial charge in [0.2, 0.25) is 0 Å². The fourth-order valence-electron chi connectivity index (χ4n) is 0. The van der Waals surface area contributed by atoms with Crippen LogP contribution in [0.15, 0.2) is 0 Å². The molecule has 2 N–H and O–H groups in total. The molecule has 0 aromatic heterocycles. The molecule has 0 unspecified atom stereocenters. The molecular formula is C3H9NOSi. The van der Waals surface area contributed by atoms with Crippen LogP contribution in [-0.4, -0.2) is 14.3 Å². The monoisotopic (exact) mass is 103 g/mol. The quantitative estimate of drug-likeness (QED) is 0.471. The minimum Gasteiger partial charge on any atom is -0.375 e. The Morgan fingerprint density at radius 2 is 1.83 bits per heavy atom. The van der Waals surface area contributed by atoms with Gasteiger partial charge in [0.1, 0.15) is 8.80 Å². The van der Waals surface area contributed by atoms with Crippen molar-refractivity contribution in [1.29, 1.82) is 0 Å². The van der Waals surface area contributed by atoms with Crippen molar-refractivity contribution in [2.24, 2.45) is 5.73 Å². The first-order valence-electron chi connectivity index (χ1n) is 1.94. The van der Waals surface area contributed by atoms with Gasteiger partial charge in [-0.3, -0.25) is 4.79 Å². The minimum absolute atomic E-state index is 0.102. The minimum atomic E-state index is -1.10. The van der Waals surface area contributed by atoms with Gasteiger partial charge < -0.3 is 5.73 Å². The van der Waals surface area contributed by atoms with Crippen LogP contribution < -0.4 is 5.73 Å². The van der Waals surface area contributed by atoms with Crippen LogP contribution in [0.2, 0.25) is 13.1 Å². The smallest absolute Gasteiger partial charge is 0.185 e. The van der Waals surface area contributed by atoms with Gasteiger partial charge in [-0.1, -0.05) is 13.1 Å². The fraction of sp³-hybridized carbons (Fsp3) is 0.667. The van der Waals surface area contributed by atoms with E-state index in [4.69, 9.17) is 5.73 Å². The van der Waals surface area contributed by atoms with Gasteiger partial charge in [0.05, 0.1) is 0 Å². The molecule has 0 radical (unpaired) electrons. The van der Waals surface area contributed by atoms with E-state index >= 15 is 0 Å². The summed E-state index contributed by atoms with van der Waals surface area (Å²) in [7, 11) is -1.10. The number of nitrogens with two attached hydrogens (primary N) is 1. The summed E-state index contributed by atoms with van der Waals surface area (Å²) in [6.07, 6.45) is 0. The zero-order valence-corrected chi connectivity index (χ0v) is 5.22. The van der Waals surface area contributed by atoms with Crippen LogP contribution in [0.1, 0.15) is 0 Å². The molecule has 0 aliphatic carbocycles. The van der Waals surface area contributed by atoms with Gasteiger partial charge in [-0.25, -0.2) is 0 Å². The average molecular weight is 103 g/mol. The van der Waals surface area contributed by atoms with Crippen molar-refractivity contribution in [2.75, 3.05) is 0 Å². The number of hydrogen-bond donors (Lipinski definition) is 1. The van der Waals surface area contributed by atoms with Gasteiger partial charge in [-0.2, -0.15) is 0 Å². The lowest BCUT2D eigenvalue weighted by atomic mass is 11.4. The zero-order chi connectivity index (χ0) is 5.15. The number of hydrogen-bond acceptors (Lipinski definition) is 1. The number of primary amides is 1. The van der Waals surface area contributed by atoms with Gasteiger partial charge in [0.25, 0.3) is 0 Å². The van der Waals surface area contributed by atoms with Crippen LogP contribution in [0, 0.1) is 0 Å². The van der Waals surface area contributed by atoms with Crippen molar-refractivity contribution >= 4 is 14.3 Å². The van der Waals surface area contributed by atoms with E-state index in [1.54, 1.807) is 0 Å². The molecule has 2 nitrogen and oxygen atoms in total. The summed E-state index contributed by atoms with van der Waals surface area (Å²) in [5.41, 5.74) is 4.76. The van der Waals surface area contributed by atoms with E-state index in [1.807, 2.05) is 13.1 Å². The van der Waals surface area contributed by atoms with Crippen molar-refractivity contribution in [3.63, 3.8) is 0 Å². The van der Waals surface area contributed by atoms with Crippen LogP contribution >= 0.6 is 0 Å². The molecule has 0 saturated carbocycles. The van der Waals surface area contributed by atoms with E-state index in [0.717, 1.165) is 0 Å². The standard InChI is InChI=1S/C3H9NOSi/c1-6(2)3(4)5/h6H,1-2H3,(H2,4,5). The van der Waals surface area contributed by atoms with Gasteiger partial charge in [-0.05, 0) is 0 Å². The lowest BCUT2D eigenvalue weighted by Gasteiger charge is -1.88. The highest BCUT2D eigenvalue weighted by Gasteiger charge is 1.98. The lowest BCUT2D eigenvalue weighted by Crippen LogP contribution is -2.24. The van der Waals surface area contributed by atoms with Crippen LogP contribution in [0.25, 0.3) is 0 Å². The normalized spacial score (nSPS) is 9.17. The number of carbonyl (C=O) groups is 1. The molecule has 0 saturated heterocycles. The predicted molar refractivity (Wildman–Crippen MR) is 28.5 cm³/mol. The van der Waals surface area contributed by atoms with Crippen molar-refractivity contribution in [2.45, 2.75) is 13.1 Å². The zero-order valence-electron chi connectivity index (χ0n) is 4.06. The Kier molecular flexibility index (Phi) is 1.87. The molecule has 0 fully saturated rings. The highest BCUT2D eigenvalue weighted by Crippen LogP contribution is 1.74. The maximum atomic E-state index is 9.98. The number of carbonyl (C=O) groups excluding carboxylic acids is 1. The van der Waals surface area contributed by atoms with Crippen molar-refractivity contribution in [3.05, 3.63) is 0 Å². The Balaban J connectivity index is 3.26. The Hall–Kier alpha value is -0.313. The molecule has 6 heavy (non-hydrogen) atoms. The number of amides is 1. The predicted octanol–water partition coefficient (Wildman–Crippen LogP) is 0.134. The molecule has 0 aromatic carbocycles. The van der Waals surface area contributed by atoms with Gasteiger partial charge in [0, 0.05) is 0 Å². The molecule has 0 rings (SSSR count). The van der Waals surface area contributed by atoms with Crippen molar-refractivity contribution < 1.29 is 4.79 Å². The molecule has 0 aliphatic heterocycles. The van der Waals surface area contributed by atoms with E-state index < -0.39 is 8.80 Å². The summed E-state index contributed by atoms with van der Waals surface area (Å²) < 4.78 is 0. The second kappa shape index (κ2) is 1.97. The third-order valence-electron chi connectivity index (χ3n) is 0.569. The molecule has 0 aromatic rings. The molecule has 0 atom stereocenters. The van der Waals surface area contributed by atoms with Crippen molar-refractivity contribution in [3.8, 4) is 0 Å². The van der Waals surface area contributed by atoms with Gasteiger partial charge in [-0.15, -0.1) is 0 Å². The Bertz CT molecular complexity index is 61.8. The van der Waals surface area contributed by atoms with Gasteiger partial charge in [0.15, 0.2) is 5.53 Å². The molecule has 1 amide bonds. The maximum Gasteiger partial charge on any atom is 0.185 e. The van der Waals surface area contributed by atoms with Gasteiger partial charge >= 0.3 is 0 Å². The third-order valence-corrected chi connectivity index (χ3v) is 1.71. The van der Waals surface area contributed by atoms with Crippen LogP contribution in [0.4, 0.5) is 4.79 Å². The summed E-state index contributed by atoms with van der Waals surface area (Å²) >= 11 is 0. The summed E-state index contributed by atoms with van der Waals surface area (Å²) in [6.45, 7) is 3.81. The first-order valence-corrected chi connectivity index (χ1v) is 4.82. The molecule has 0 aliphatic rings. The van der Waals surface area contributed by atoms with Crippen LogP contribution in [-0.2, 0) is 0 Å². The fourth-order valence-corrected chi connectivity index (χ4v) is 0. The first kappa shape index (κ1) is 5.69. The van der Waals surface area contributed by atoms with E-state index in [9.17, 15) is 4.79 Å². The van der Waals surface area contributed by atoms with E-state index in [2.05, 4.69) is 0 Å².